The Morgan fingerprint density at radius 3 is 2.34 bits per heavy atom. The lowest BCUT2D eigenvalue weighted by molar-refractivity contribution is -0.137. The quantitative estimate of drug-likeness (QED) is 0.326. The predicted molar refractivity (Wildman–Crippen MR) is 142 cm³/mol. The number of anilines is 1. The molecular weight excluding hydrogens is 587 g/mol. The van der Waals surface area contributed by atoms with E-state index >= 15 is 0 Å². The van der Waals surface area contributed by atoms with Crippen LogP contribution >= 0.6 is 11.6 Å². The Kier molecular flexibility index (Phi) is 9.42. The van der Waals surface area contributed by atoms with Crippen molar-refractivity contribution in [1.29, 1.82) is 5.26 Å². The fourth-order valence-electron chi connectivity index (χ4n) is 3.50. The highest BCUT2D eigenvalue weighted by Crippen LogP contribution is 2.32. The van der Waals surface area contributed by atoms with Gasteiger partial charge in [0.1, 0.15) is 5.75 Å². The summed E-state index contributed by atoms with van der Waals surface area (Å²) in [4.78, 5) is 37.0. The summed E-state index contributed by atoms with van der Waals surface area (Å²) in [5.74, 6) is -2.47. The van der Waals surface area contributed by atoms with Crippen LogP contribution in [0.15, 0.2) is 59.5 Å². The Hall–Kier alpha value is -4.41. The molecule has 2 N–H and O–H groups in total. The van der Waals surface area contributed by atoms with Crippen molar-refractivity contribution in [2.45, 2.75) is 31.3 Å². The lowest BCUT2D eigenvalue weighted by Crippen LogP contribution is -2.29. The molecular formula is C27H21ClF3N3O6S. The van der Waals surface area contributed by atoms with Crippen LogP contribution in [-0.2, 0) is 25.8 Å². The van der Waals surface area contributed by atoms with Crippen LogP contribution in [0.25, 0.3) is 0 Å². The molecule has 9 nitrogen and oxygen atoms in total. The van der Waals surface area contributed by atoms with Gasteiger partial charge in [0.05, 0.1) is 27.7 Å². The Bertz CT molecular complexity index is 1680. The van der Waals surface area contributed by atoms with Crippen molar-refractivity contribution in [1.82, 2.24) is 4.72 Å². The molecule has 0 aromatic heterocycles. The van der Waals surface area contributed by atoms with Crippen molar-refractivity contribution >= 4 is 44.9 Å². The van der Waals surface area contributed by atoms with E-state index in [4.69, 9.17) is 21.6 Å². The monoisotopic (exact) mass is 607 g/mol. The maximum absolute atomic E-state index is 13.3. The molecule has 0 saturated heterocycles. The summed E-state index contributed by atoms with van der Waals surface area (Å²) < 4.78 is 71.9. The first-order valence-corrected chi connectivity index (χ1v) is 13.6. The largest absolute Gasteiger partial charge is 0.483 e. The summed E-state index contributed by atoms with van der Waals surface area (Å²) >= 11 is 5.99. The van der Waals surface area contributed by atoms with E-state index < -0.39 is 51.5 Å². The molecule has 0 aliphatic heterocycles. The fraction of sp³-hybridized carbons (Fsp3) is 0.185. The van der Waals surface area contributed by atoms with Crippen LogP contribution in [0.2, 0.25) is 5.02 Å². The maximum Gasteiger partial charge on any atom is 0.416 e. The van der Waals surface area contributed by atoms with Gasteiger partial charge in [-0.2, -0.15) is 18.4 Å². The van der Waals surface area contributed by atoms with Crippen LogP contribution in [0, 0.1) is 18.3 Å². The van der Waals surface area contributed by atoms with Gasteiger partial charge >= 0.3 is 6.18 Å². The molecule has 0 radical (unpaired) electrons. The second-order valence-electron chi connectivity index (χ2n) is 8.57. The van der Waals surface area contributed by atoms with Crippen molar-refractivity contribution in [3.05, 3.63) is 87.4 Å². The van der Waals surface area contributed by atoms with Gasteiger partial charge in [-0.3, -0.25) is 14.4 Å². The lowest BCUT2D eigenvalue weighted by Gasteiger charge is -2.14. The minimum absolute atomic E-state index is 0.0336. The number of rotatable bonds is 9. The van der Waals surface area contributed by atoms with Crippen molar-refractivity contribution in [3.8, 4) is 11.8 Å². The van der Waals surface area contributed by atoms with Crippen LogP contribution < -0.4 is 14.8 Å². The smallest absolute Gasteiger partial charge is 0.416 e. The van der Waals surface area contributed by atoms with E-state index in [9.17, 15) is 36.0 Å². The van der Waals surface area contributed by atoms with E-state index in [1.54, 1.807) is 6.07 Å². The number of carbonyl (C=O) groups excluding carboxylic acids is 3. The maximum atomic E-state index is 13.3. The Morgan fingerprint density at radius 1 is 1.02 bits per heavy atom. The number of carbonyl (C=O) groups is 3. The summed E-state index contributed by atoms with van der Waals surface area (Å²) in [6.07, 6.45) is -4.84. The number of sulfonamides is 1. The van der Waals surface area contributed by atoms with Crippen LogP contribution in [0.5, 0.6) is 5.75 Å². The first kappa shape index (κ1) is 31.1. The number of alkyl halides is 3. The van der Waals surface area contributed by atoms with E-state index in [2.05, 4.69) is 5.32 Å². The molecule has 0 atom stereocenters. The van der Waals surface area contributed by atoms with Gasteiger partial charge in [0, 0.05) is 22.7 Å². The third-order valence-electron chi connectivity index (χ3n) is 5.55. The number of aryl methyl sites for hydroxylation is 1. The van der Waals surface area contributed by atoms with Gasteiger partial charge < -0.3 is 10.1 Å². The Morgan fingerprint density at radius 2 is 1.73 bits per heavy atom. The molecule has 0 bridgehead atoms. The van der Waals surface area contributed by atoms with E-state index in [1.807, 2.05) is 4.72 Å². The summed E-state index contributed by atoms with van der Waals surface area (Å²) in [6.45, 7) is 2.38. The highest BCUT2D eigenvalue weighted by Gasteiger charge is 2.32. The zero-order valence-electron chi connectivity index (χ0n) is 21.4. The molecule has 214 valence electrons. The summed E-state index contributed by atoms with van der Waals surface area (Å²) in [5.41, 5.74) is -1.66. The third kappa shape index (κ3) is 7.84. The van der Waals surface area contributed by atoms with Gasteiger partial charge in [0.2, 0.25) is 5.91 Å². The number of amides is 2. The number of halogens is 4. The fourth-order valence-corrected chi connectivity index (χ4v) is 4.82. The molecule has 3 aromatic rings. The number of ketones is 1. The Labute approximate surface area is 237 Å². The summed E-state index contributed by atoms with van der Waals surface area (Å²) in [5, 5.41) is 11.7. The first-order valence-electron chi connectivity index (χ1n) is 11.7. The van der Waals surface area contributed by atoms with Crippen LogP contribution in [0.3, 0.4) is 0 Å². The zero-order chi connectivity index (χ0) is 30.5. The molecule has 14 heteroatoms. The van der Waals surface area contributed by atoms with E-state index in [-0.39, 0.29) is 38.9 Å². The number of benzene rings is 3. The van der Waals surface area contributed by atoms with Crippen LogP contribution in [0.1, 0.15) is 46.0 Å². The highest BCUT2D eigenvalue weighted by atomic mass is 35.5. The van der Waals surface area contributed by atoms with Crippen molar-refractivity contribution in [3.63, 3.8) is 0 Å². The van der Waals surface area contributed by atoms with Gasteiger partial charge in [-0.15, -0.1) is 0 Å². The van der Waals surface area contributed by atoms with Crippen LogP contribution in [-0.4, -0.2) is 32.6 Å². The van der Waals surface area contributed by atoms with Gasteiger partial charge in [-0.1, -0.05) is 18.5 Å². The second kappa shape index (κ2) is 12.4. The molecule has 2 amide bonds. The van der Waals surface area contributed by atoms with Gasteiger partial charge in [-0.05, 0) is 67.1 Å². The van der Waals surface area contributed by atoms with Crippen molar-refractivity contribution in [2.75, 3.05) is 11.9 Å². The Balaban J connectivity index is 1.79. The van der Waals surface area contributed by atoms with Crippen molar-refractivity contribution < 1.29 is 40.7 Å². The first-order chi connectivity index (χ1) is 19.1. The second-order valence-corrected chi connectivity index (χ2v) is 10.7. The van der Waals surface area contributed by atoms with Crippen LogP contribution in [0.4, 0.5) is 18.9 Å². The number of hydrogen-bond donors (Lipinski definition) is 2. The molecule has 0 fully saturated rings. The normalized spacial score (nSPS) is 11.3. The number of nitrogens with zero attached hydrogens (tertiary/aromatic N) is 1. The van der Waals surface area contributed by atoms with Gasteiger partial charge in [0.15, 0.2) is 12.4 Å². The van der Waals surface area contributed by atoms with E-state index in [1.165, 1.54) is 44.2 Å². The molecule has 0 aliphatic rings. The number of hydrogen-bond acceptors (Lipinski definition) is 7. The molecule has 0 unspecified atom stereocenters. The molecule has 3 rings (SSSR count). The van der Waals surface area contributed by atoms with Gasteiger partial charge in [-0.25, -0.2) is 13.1 Å². The minimum Gasteiger partial charge on any atom is -0.483 e. The zero-order valence-corrected chi connectivity index (χ0v) is 23.0. The molecule has 0 heterocycles. The molecule has 41 heavy (non-hydrogen) atoms. The van der Waals surface area contributed by atoms with E-state index in [0.29, 0.717) is 17.7 Å². The highest BCUT2D eigenvalue weighted by molar-refractivity contribution is 7.90. The molecule has 0 aliphatic carbocycles. The minimum atomic E-state index is -4.81. The topological polar surface area (TPSA) is 142 Å². The predicted octanol–water partition coefficient (Wildman–Crippen LogP) is 5.00. The lowest BCUT2D eigenvalue weighted by atomic mass is 9.98. The number of nitriles is 1. The van der Waals surface area contributed by atoms with Crippen molar-refractivity contribution in [2.24, 2.45) is 0 Å². The summed E-state index contributed by atoms with van der Waals surface area (Å²) in [6, 6.07) is 11.3. The SMILES string of the molecule is CCC(=O)NS(=O)(=O)c1ccc(NC(=O)COc2ccc(Cl)cc2C(=O)c2cc(C#N)cc(C(F)(F)F)c2)c(C)c1. The average Bonchev–Trinajstić information content (AvgIpc) is 2.91. The third-order valence-corrected chi connectivity index (χ3v) is 7.15. The van der Waals surface area contributed by atoms with E-state index in [0.717, 1.165) is 12.1 Å². The average molecular weight is 608 g/mol. The molecule has 0 spiro atoms. The molecule has 3 aromatic carbocycles. The molecule has 0 saturated carbocycles. The number of ether oxygens (including phenoxy) is 1. The van der Waals surface area contributed by atoms with Gasteiger partial charge in [0.25, 0.3) is 15.9 Å². The number of nitrogens with one attached hydrogen (secondary N) is 2. The standard InChI is InChI=1S/C27H21ClF3N3O6S/c1-3-24(35)34-41(38,39)20-5-6-22(15(2)8-20)33-25(36)14-40-23-7-4-19(28)12-21(23)26(37)17-9-16(13-32)10-18(11-17)27(29,30)31/h4-12H,3,14H2,1-2H3,(H,33,36)(H,34,35). The summed E-state index contributed by atoms with van der Waals surface area (Å²) in [7, 11) is -4.10.